The Hall–Kier alpha value is -1.76. The van der Waals surface area contributed by atoms with Gasteiger partial charge >= 0.3 is 12.1 Å². The Morgan fingerprint density at radius 3 is 2.76 bits per heavy atom. The molecule has 2 heterocycles. The Morgan fingerprint density at radius 1 is 1.12 bits per heavy atom. The van der Waals surface area contributed by atoms with Gasteiger partial charge in [0.1, 0.15) is 0 Å². The van der Waals surface area contributed by atoms with Crippen LogP contribution >= 0.6 is 11.3 Å². The van der Waals surface area contributed by atoms with Gasteiger partial charge in [0.2, 0.25) is 0 Å². The molecule has 1 saturated carbocycles. The summed E-state index contributed by atoms with van der Waals surface area (Å²) in [6.45, 7) is 2.02. The Morgan fingerprint density at radius 2 is 1.92 bits per heavy atom. The highest BCUT2D eigenvalue weighted by Gasteiger charge is 2.35. The van der Waals surface area contributed by atoms with E-state index in [1.165, 1.54) is 37.0 Å². The normalized spacial score (nSPS) is 22.8. The number of likely N-dealkylation sites (tertiary alicyclic amines) is 1. The number of anilines is 1. The van der Waals surface area contributed by atoms with Crippen LogP contribution in [0.25, 0.3) is 0 Å². The second-order valence-electron chi connectivity index (χ2n) is 6.89. The van der Waals surface area contributed by atoms with Crippen LogP contribution in [0.5, 0.6) is 0 Å². The molecule has 1 aliphatic carbocycles. The fourth-order valence-electron chi connectivity index (χ4n) is 3.97. The lowest BCUT2D eigenvalue weighted by Gasteiger charge is -2.44. The van der Waals surface area contributed by atoms with E-state index in [-0.39, 0.29) is 12.1 Å². The molecule has 2 unspecified atom stereocenters. The van der Waals surface area contributed by atoms with Gasteiger partial charge < -0.3 is 15.5 Å². The van der Waals surface area contributed by atoms with Crippen LogP contribution in [-0.4, -0.2) is 42.6 Å². The number of carbonyl (C=O) groups excluding carboxylic acids is 2. The molecule has 1 saturated heterocycles. The second-order valence-corrected chi connectivity index (χ2v) is 7.84. The molecule has 3 rings (SSSR count). The van der Waals surface area contributed by atoms with Gasteiger partial charge in [0.05, 0.1) is 5.00 Å². The van der Waals surface area contributed by atoms with Gasteiger partial charge in [0, 0.05) is 25.7 Å². The molecular weight excluding hydrogens is 336 g/mol. The number of nitrogens with zero attached hydrogens (tertiary/aromatic N) is 1. The number of carbonyl (C=O) groups is 2. The van der Waals surface area contributed by atoms with Crippen molar-refractivity contribution in [3.63, 3.8) is 0 Å². The molecule has 7 heteroatoms. The van der Waals surface area contributed by atoms with Crippen molar-refractivity contribution in [3.8, 4) is 0 Å². The lowest BCUT2D eigenvalue weighted by molar-refractivity contribution is 0.0843. The first-order chi connectivity index (χ1) is 12.2. The standard InChI is InChI=1S/C18H28N4O2S/c23-17(21-16-9-4-13-25-16)19-10-5-11-20-18(24)22-12-3-7-14-6-1-2-8-15(14)22/h4,9,13-15H,1-3,5-8,10-12H2,(H,20,24)(H2,19,21,23). The average molecular weight is 365 g/mol. The van der Waals surface area contributed by atoms with Crippen molar-refractivity contribution in [2.24, 2.45) is 5.92 Å². The van der Waals surface area contributed by atoms with Crippen molar-refractivity contribution in [1.82, 2.24) is 15.5 Å². The number of rotatable bonds is 5. The molecule has 0 radical (unpaired) electrons. The number of hydrogen-bond donors (Lipinski definition) is 3. The summed E-state index contributed by atoms with van der Waals surface area (Å²) in [6, 6.07) is 4.07. The van der Waals surface area contributed by atoms with E-state index >= 15 is 0 Å². The van der Waals surface area contributed by atoms with E-state index in [1.54, 1.807) is 0 Å². The molecule has 4 amide bonds. The average Bonchev–Trinajstić information content (AvgIpc) is 3.13. The van der Waals surface area contributed by atoms with Gasteiger partial charge in [-0.05, 0) is 55.5 Å². The number of thiophene rings is 1. The van der Waals surface area contributed by atoms with E-state index in [4.69, 9.17) is 0 Å². The number of urea groups is 2. The summed E-state index contributed by atoms with van der Waals surface area (Å²) in [7, 11) is 0. The predicted octanol–water partition coefficient (Wildman–Crippen LogP) is 3.62. The zero-order valence-electron chi connectivity index (χ0n) is 14.6. The highest BCUT2D eigenvalue weighted by Crippen LogP contribution is 2.35. The van der Waals surface area contributed by atoms with Crippen LogP contribution < -0.4 is 16.0 Å². The maximum atomic E-state index is 12.5. The fourth-order valence-corrected chi connectivity index (χ4v) is 4.58. The van der Waals surface area contributed by atoms with E-state index in [9.17, 15) is 9.59 Å². The maximum absolute atomic E-state index is 12.5. The smallest absolute Gasteiger partial charge is 0.319 e. The van der Waals surface area contributed by atoms with E-state index in [0.717, 1.165) is 30.8 Å². The number of amides is 4. The Labute approximate surface area is 153 Å². The Balaban J connectivity index is 1.31. The molecule has 1 aromatic rings. The fraction of sp³-hybridized carbons (Fsp3) is 0.667. The van der Waals surface area contributed by atoms with Crippen molar-refractivity contribution >= 4 is 28.4 Å². The molecule has 25 heavy (non-hydrogen) atoms. The van der Waals surface area contributed by atoms with Crippen molar-refractivity contribution in [2.75, 3.05) is 25.0 Å². The van der Waals surface area contributed by atoms with Crippen molar-refractivity contribution in [3.05, 3.63) is 17.5 Å². The molecular formula is C18H28N4O2S. The molecule has 2 aliphatic rings. The summed E-state index contributed by atoms with van der Waals surface area (Å²) in [4.78, 5) is 26.2. The van der Waals surface area contributed by atoms with Crippen molar-refractivity contribution in [1.29, 1.82) is 0 Å². The highest BCUT2D eigenvalue weighted by atomic mass is 32.1. The van der Waals surface area contributed by atoms with E-state index in [2.05, 4.69) is 20.9 Å². The molecule has 0 aromatic carbocycles. The van der Waals surface area contributed by atoms with E-state index in [0.29, 0.717) is 25.0 Å². The first-order valence-electron chi connectivity index (χ1n) is 9.37. The monoisotopic (exact) mass is 364 g/mol. The third-order valence-corrected chi connectivity index (χ3v) is 5.96. The molecule has 2 fully saturated rings. The third kappa shape index (κ3) is 5.11. The zero-order valence-corrected chi connectivity index (χ0v) is 15.4. The number of hydrogen-bond acceptors (Lipinski definition) is 3. The highest BCUT2D eigenvalue weighted by molar-refractivity contribution is 7.14. The van der Waals surface area contributed by atoms with Gasteiger partial charge in [-0.3, -0.25) is 5.32 Å². The lowest BCUT2D eigenvalue weighted by Crippen LogP contribution is -2.53. The SMILES string of the molecule is O=C(NCCCNC(=O)N1CCCC2CCCCC21)Nc1cccs1. The molecule has 0 bridgehead atoms. The minimum atomic E-state index is -0.199. The summed E-state index contributed by atoms with van der Waals surface area (Å²) in [5, 5.41) is 11.4. The van der Waals surface area contributed by atoms with Crippen LogP contribution in [0.1, 0.15) is 44.9 Å². The summed E-state index contributed by atoms with van der Waals surface area (Å²) in [5.74, 6) is 0.705. The van der Waals surface area contributed by atoms with Crippen LogP contribution in [0.2, 0.25) is 0 Å². The number of nitrogens with one attached hydrogen (secondary N) is 3. The maximum Gasteiger partial charge on any atom is 0.319 e. The summed E-state index contributed by atoms with van der Waals surface area (Å²) >= 11 is 1.49. The first-order valence-corrected chi connectivity index (χ1v) is 10.2. The van der Waals surface area contributed by atoms with E-state index < -0.39 is 0 Å². The van der Waals surface area contributed by atoms with Gasteiger partial charge in [-0.25, -0.2) is 9.59 Å². The van der Waals surface area contributed by atoms with Gasteiger partial charge in [0.25, 0.3) is 0 Å². The first kappa shape index (κ1) is 18.0. The number of piperidine rings is 1. The molecule has 1 aromatic heterocycles. The van der Waals surface area contributed by atoms with Crippen LogP contribution in [0.15, 0.2) is 17.5 Å². The molecule has 2 atom stereocenters. The van der Waals surface area contributed by atoms with Gasteiger partial charge in [-0.1, -0.05) is 12.8 Å². The van der Waals surface area contributed by atoms with Crippen molar-refractivity contribution < 1.29 is 9.59 Å². The van der Waals surface area contributed by atoms with Crippen molar-refractivity contribution in [2.45, 2.75) is 51.0 Å². The largest absolute Gasteiger partial charge is 0.338 e. The molecule has 6 nitrogen and oxygen atoms in total. The van der Waals surface area contributed by atoms with Crippen LogP contribution in [0, 0.1) is 5.92 Å². The van der Waals surface area contributed by atoms with Gasteiger partial charge in [-0.15, -0.1) is 11.3 Å². The van der Waals surface area contributed by atoms with Gasteiger partial charge in [0.15, 0.2) is 0 Å². The van der Waals surface area contributed by atoms with E-state index in [1.807, 2.05) is 17.5 Å². The molecule has 138 valence electrons. The quantitative estimate of drug-likeness (QED) is 0.698. The van der Waals surface area contributed by atoms with Crippen LogP contribution in [-0.2, 0) is 0 Å². The minimum absolute atomic E-state index is 0.0691. The summed E-state index contributed by atoms with van der Waals surface area (Å²) < 4.78 is 0. The van der Waals surface area contributed by atoms with Crippen LogP contribution in [0.3, 0.4) is 0 Å². The minimum Gasteiger partial charge on any atom is -0.338 e. The molecule has 0 spiro atoms. The molecule has 3 N–H and O–H groups in total. The topological polar surface area (TPSA) is 73.5 Å². The lowest BCUT2D eigenvalue weighted by atomic mass is 9.78. The Bertz CT molecular complexity index is 561. The number of fused-ring (bicyclic) bond motifs is 1. The third-order valence-electron chi connectivity index (χ3n) is 5.18. The molecule has 1 aliphatic heterocycles. The Kier molecular flexibility index (Phi) is 6.55. The van der Waals surface area contributed by atoms with Gasteiger partial charge in [-0.2, -0.15) is 0 Å². The summed E-state index contributed by atoms with van der Waals surface area (Å²) in [5.41, 5.74) is 0. The summed E-state index contributed by atoms with van der Waals surface area (Å²) in [6.07, 6.45) is 8.12. The zero-order chi connectivity index (χ0) is 17.5. The van der Waals surface area contributed by atoms with Crippen LogP contribution in [0.4, 0.5) is 14.6 Å². The second kappa shape index (κ2) is 9.08. The predicted molar refractivity (Wildman–Crippen MR) is 101 cm³/mol.